The van der Waals surface area contributed by atoms with E-state index >= 15 is 0 Å². The van der Waals surface area contributed by atoms with Gasteiger partial charge in [0.15, 0.2) is 11.9 Å². The summed E-state index contributed by atoms with van der Waals surface area (Å²) < 4.78 is 5.48. The summed E-state index contributed by atoms with van der Waals surface area (Å²) in [6.45, 7) is 13.7. The fraction of sp³-hybridized carbons (Fsp3) is 0.636. The van der Waals surface area contributed by atoms with Gasteiger partial charge in [-0.15, -0.1) is 0 Å². The number of carbonyl (C=O) groups is 2. The zero-order valence-electron chi connectivity index (χ0n) is 16.3. The van der Waals surface area contributed by atoms with E-state index in [4.69, 9.17) is 4.74 Å². The molecule has 0 aromatic heterocycles. The Morgan fingerprint density at radius 1 is 1.24 bits per heavy atom. The number of hydrogen-bond acceptors (Lipinski definition) is 3. The first-order chi connectivity index (χ1) is 11.7. The molecule has 0 aromatic rings. The molecule has 5 atom stereocenters. The monoisotopic (exact) mass is 344 g/mol. The first-order valence-corrected chi connectivity index (χ1v) is 9.46. The highest BCUT2D eigenvalue weighted by atomic mass is 16.5. The predicted octanol–water partition coefficient (Wildman–Crippen LogP) is 5.03. The van der Waals surface area contributed by atoms with Crippen LogP contribution in [0.15, 0.2) is 35.5 Å². The molecule has 0 saturated heterocycles. The molecule has 2 aliphatic rings. The minimum absolute atomic E-state index is 0.0286. The highest BCUT2D eigenvalue weighted by molar-refractivity contribution is 5.95. The first-order valence-electron chi connectivity index (χ1n) is 9.46. The van der Waals surface area contributed by atoms with Crippen LogP contribution in [0.3, 0.4) is 0 Å². The van der Waals surface area contributed by atoms with Gasteiger partial charge in [0.05, 0.1) is 0 Å². The van der Waals surface area contributed by atoms with Crippen LogP contribution in [-0.2, 0) is 14.3 Å². The van der Waals surface area contributed by atoms with E-state index in [2.05, 4.69) is 26.5 Å². The molecule has 0 N–H and O–H groups in total. The lowest BCUT2D eigenvalue weighted by Crippen LogP contribution is -2.40. The second-order valence-corrected chi connectivity index (χ2v) is 8.12. The summed E-state index contributed by atoms with van der Waals surface area (Å²) in [5.41, 5.74) is 3.52. The molecule has 0 heterocycles. The predicted molar refractivity (Wildman–Crippen MR) is 101 cm³/mol. The van der Waals surface area contributed by atoms with Crippen molar-refractivity contribution in [2.24, 2.45) is 23.7 Å². The molecule has 25 heavy (non-hydrogen) atoms. The Balaban J connectivity index is 2.31. The average Bonchev–Trinajstić information content (AvgIpc) is 2.51. The van der Waals surface area contributed by atoms with Crippen molar-refractivity contribution >= 4 is 11.8 Å². The van der Waals surface area contributed by atoms with Crippen molar-refractivity contribution in [3.8, 4) is 0 Å². The molecule has 1 fully saturated rings. The molecule has 3 heteroatoms. The average molecular weight is 344 g/mol. The third kappa shape index (κ3) is 4.71. The molecule has 3 nitrogen and oxygen atoms in total. The number of allylic oxidation sites excluding steroid dienone is 4. The van der Waals surface area contributed by atoms with Crippen LogP contribution in [0, 0.1) is 23.7 Å². The fourth-order valence-electron chi connectivity index (χ4n) is 4.48. The Bertz CT molecular complexity index is 607. The number of hydrogen-bond donors (Lipinski definition) is 0. The van der Waals surface area contributed by atoms with E-state index in [0.29, 0.717) is 11.8 Å². The van der Waals surface area contributed by atoms with Gasteiger partial charge in [0.1, 0.15) is 0 Å². The molecule has 1 unspecified atom stereocenters. The Labute approximate surface area is 152 Å². The Kier molecular flexibility index (Phi) is 6.42. The molecule has 138 valence electrons. The van der Waals surface area contributed by atoms with Gasteiger partial charge in [-0.2, -0.15) is 0 Å². The van der Waals surface area contributed by atoms with Gasteiger partial charge in [-0.25, -0.2) is 0 Å². The summed E-state index contributed by atoms with van der Waals surface area (Å²) in [6, 6.07) is 0. The zero-order chi connectivity index (χ0) is 18.7. The van der Waals surface area contributed by atoms with Crippen LogP contribution in [-0.4, -0.2) is 17.9 Å². The molecule has 1 saturated carbocycles. The molecule has 0 radical (unpaired) electrons. The molecule has 0 spiro atoms. The molecular weight excluding hydrogens is 312 g/mol. The number of esters is 1. The highest BCUT2D eigenvalue weighted by Crippen LogP contribution is 2.47. The van der Waals surface area contributed by atoms with E-state index < -0.39 is 12.1 Å². The van der Waals surface area contributed by atoms with E-state index in [0.717, 1.165) is 31.3 Å². The molecule has 2 aliphatic carbocycles. The third-order valence-corrected chi connectivity index (χ3v) is 5.74. The van der Waals surface area contributed by atoms with Crippen molar-refractivity contribution in [2.45, 2.75) is 66.4 Å². The van der Waals surface area contributed by atoms with Crippen molar-refractivity contribution in [3.63, 3.8) is 0 Å². The van der Waals surface area contributed by atoms with E-state index in [9.17, 15) is 9.59 Å². The summed E-state index contributed by atoms with van der Waals surface area (Å²) in [7, 11) is 0. The van der Waals surface area contributed by atoms with Gasteiger partial charge in [0.2, 0.25) is 0 Å². The number of ether oxygens (including phenoxy) is 1. The van der Waals surface area contributed by atoms with E-state index in [1.54, 1.807) is 6.08 Å². The van der Waals surface area contributed by atoms with Crippen LogP contribution in [0.2, 0.25) is 0 Å². The third-order valence-electron chi connectivity index (χ3n) is 5.74. The van der Waals surface area contributed by atoms with Crippen molar-refractivity contribution in [1.29, 1.82) is 0 Å². The van der Waals surface area contributed by atoms with Crippen LogP contribution >= 0.6 is 0 Å². The highest BCUT2D eigenvalue weighted by Gasteiger charge is 2.41. The van der Waals surface area contributed by atoms with E-state index in [1.165, 1.54) is 18.1 Å². The Hall–Kier alpha value is -1.64. The molecule has 2 rings (SSSR count). The number of fused-ring (bicyclic) bond motifs is 1. The topological polar surface area (TPSA) is 43.4 Å². The van der Waals surface area contributed by atoms with Crippen LogP contribution in [0.5, 0.6) is 0 Å². The molecule has 0 bridgehead atoms. The number of rotatable bonds is 5. The molecular formula is C22H32O3. The maximum Gasteiger partial charge on any atom is 0.303 e. The van der Waals surface area contributed by atoms with E-state index in [1.807, 2.05) is 13.8 Å². The van der Waals surface area contributed by atoms with Crippen LogP contribution in [0.4, 0.5) is 0 Å². The van der Waals surface area contributed by atoms with Gasteiger partial charge < -0.3 is 4.74 Å². The number of ketones is 1. The first kappa shape index (κ1) is 19.7. The summed E-state index contributed by atoms with van der Waals surface area (Å²) in [5.74, 6) is 0.992. The summed E-state index contributed by atoms with van der Waals surface area (Å²) >= 11 is 0. The fourth-order valence-corrected chi connectivity index (χ4v) is 4.48. The second kappa shape index (κ2) is 8.16. The normalized spacial score (nSPS) is 28.3. The minimum atomic E-state index is -0.706. The molecule has 0 aliphatic heterocycles. The lowest BCUT2D eigenvalue weighted by atomic mass is 9.62. The van der Waals surface area contributed by atoms with Crippen LogP contribution in [0.25, 0.3) is 0 Å². The summed E-state index contributed by atoms with van der Waals surface area (Å²) in [6.07, 6.45) is 7.55. The lowest BCUT2D eigenvalue weighted by Gasteiger charge is -2.43. The van der Waals surface area contributed by atoms with Gasteiger partial charge >= 0.3 is 5.97 Å². The van der Waals surface area contributed by atoms with Gasteiger partial charge in [0.25, 0.3) is 0 Å². The maximum absolute atomic E-state index is 12.7. The van der Waals surface area contributed by atoms with Crippen LogP contribution in [0.1, 0.15) is 60.3 Å². The van der Waals surface area contributed by atoms with Crippen molar-refractivity contribution in [3.05, 3.63) is 35.5 Å². The Morgan fingerprint density at radius 3 is 2.52 bits per heavy atom. The van der Waals surface area contributed by atoms with Gasteiger partial charge in [-0.05, 0) is 63.4 Å². The summed E-state index contributed by atoms with van der Waals surface area (Å²) in [5, 5.41) is 0. The largest absolute Gasteiger partial charge is 0.454 e. The minimum Gasteiger partial charge on any atom is -0.454 e. The van der Waals surface area contributed by atoms with Crippen LogP contribution < -0.4 is 0 Å². The van der Waals surface area contributed by atoms with Gasteiger partial charge in [0, 0.05) is 12.8 Å². The SMILES string of the molecule is C=C1C=C2[C@@H](CC1)[C@H](C)CC[C@H]2[C@H](C)C(OC(C)=O)C(=O)C=C(C)C. The summed E-state index contributed by atoms with van der Waals surface area (Å²) in [4.78, 5) is 24.3. The Morgan fingerprint density at radius 2 is 1.92 bits per heavy atom. The zero-order valence-corrected chi connectivity index (χ0v) is 16.3. The van der Waals surface area contributed by atoms with Crippen molar-refractivity contribution < 1.29 is 14.3 Å². The molecule has 0 aromatic carbocycles. The standard InChI is InChI=1S/C22H32O3/c1-13(2)11-21(24)22(25-17(6)23)16(5)19-10-8-15(4)18-9-7-14(3)12-20(18)19/h11-12,15-16,18-19,22H,3,7-10H2,1-2,4-6H3/t15-,16+,18+,19+,22?/m1/s1. The number of carbonyl (C=O) groups excluding carboxylic acids is 2. The van der Waals surface area contributed by atoms with Crippen molar-refractivity contribution in [1.82, 2.24) is 0 Å². The quantitative estimate of drug-likeness (QED) is 0.519. The van der Waals surface area contributed by atoms with Crippen molar-refractivity contribution in [2.75, 3.05) is 0 Å². The lowest BCUT2D eigenvalue weighted by molar-refractivity contribution is -0.155. The van der Waals surface area contributed by atoms with Gasteiger partial charge in [-0.3, -0.25) is 9.59 Å². The maximum atomic E-state index is 12.7. The smallest absolute Gasteiger partial charge is 0.303 e. The van der Waals surface area contributed by atoms with E-state index in [-0.39, 0.29) is 17.6 Å². The van der Waals surface area contributed by atoms with Gasteiger partial charge in [-0.1, -0.05) is 43.2 Å². The molecule has 0 amide bonds. The second-order valence-electron chi connectivity index (χ2n) is 8.12.